The molecule has 0 aliphatic rings. The molecule has 0 unspecified atom stereocenters. The zero-order chi connectivity index (χ0) is 18.5. The van der Waals surface area contributed by atoms with Crippen molar-refractivity contribution in [2.75, 3.05) is 14.2 Å². The lowest BCUT2D eigenvalue weighted by molar-refractivity contribution is -0.131. The minimum atomic E-state index is -0.441. The number of rotatable bonds is 5. The van der Waals surface area contributed by atoms with E-state index in [1.807, 2.05) is 24.3 Å². The predicted molar refractivity (Wildman–Crippen MR) is 95.1 cm³/mol. The van der Waals surface area contributed by atoms with Gasteiger partial charge in [-0.2, -0.15) is 0 Å². The lowest BCUT2D eigenvalue weighted by atomic mass is 10.1. The van der Waals surface area contributed by atoms with Crippen molar-refractivity contribution < 1.29 is 19.0 Å². The molecule has 0 N–H and O–H groups in total. The summed E-state index contributed by atoms with van der Waals surface area (Å²) in [6.45, 7) is 1.33. The zero-order valence-electron chi connectivity index (χ0n) is 14.6. The van der Waals surface area contributed by atoms with E-state index in [4.69, 9.17) is 14.2 Å². The van der Waals surface area contributed by atoms with Crippen LogP contribution in [-0.4, -0.2) is 35.1 Å². The fourth-order valence-electron chi connectivity index (χ4n) is 2.36. The van der Waals surface area contributed by atoms with E-state index in [9.17, 15) is 4.79 Å². The van der Waals surface area contributed by atoms with Gasteiger partial charge in [-0.05, 0) is 36.4 Å². The first kappa shape index (κ1) is 17.3. The molecule has 26 heavy (non-hydrogen) atoms. The molecule has 2 aromatic carbocycles. The first-order valence-electron chi connectivity index (χ1n) is 7.81. The van der Waals surface area contributed by atoms with Gasteiger partial charge in [0.15, 0.2) is 11.6 Å². The highest BCUT2D eigenvalue weighted by atomic mass is 16.5. The van der Waals surface area contributed by atoms with Crippen LogP contribution < -0.4 is 14.2 Å². The number of carbonyl (C=O) groups is 1. The van der Waals surface area contributed by atoms with Gasteiger partial charge in [-0.3, -0.25) is 4.79 Å². The summed E-state index contributed by atoms with van der Waals surface area (Å²) in [5.41, 5.74) is 1.38. The summed E-state index contributed by atoms with van der Waals surface area (Å²) >= 11 is 0. The molecule has 7 nitrogen and oxygen atoms in total. The van der Waals surface area contributed by atoms with E-state index in [-0.39, 0.29) is 0 Å². The molecule has 0 spiro atoms. The van der Waals surface area contributed by atoms with E-state index in [2.05, 4.69) is 15.0 Å². The Morgan fingerprint density at radius 3 is 2.19 bits per heavy atom. The monoisotopic (exact) mass is 351 g/mol. The molecule has 3 aromatic rings. The second-order valence-corrected chi connectivity index (χ2v) is 5.32. The van der Waals surface area contributed by atoms with Gasteiger partial charge in [0.25, 0.3) is 0 Å². The number of nitrogens with zero attached hydrogens (tertiary/aromatic N) is 3. The third-order valence-corrected chi connectivity index (χ3v) is 3.60. The maximum absolute atomic E-state index is 11.4. The number of aromatic nitrogens is 3. The molecule has 0 radical (unpaired) electrons. The Labute approximate surface area is 150 Å². The molecule has 0 saturated carbocycles. The van der Waals surface area contributed by atoms with Crippen molar-refractivity contribution in [3.63, 3.8) is 0 Å². The molecule has 0 amide bonds. The average molecular weight is 351 g/mol. The Balaban J connectivity index is 2.03. The van der Waals surface area contributed by atoms with Gasteiger partial charge in [-0.25, -0.2) is 15.0 Å². The predicted octanol–water partition coefficient (Wildman–Crippen LogP) is 3.15. The van der Waals surface area contributed by atoms with Crippen LogP contribution in [-0.2, 0) is 4.79 Å². The number of esters is 1. The highest BCUT2D eigenvalue weighted by Gasteiger charge is 2.14. The minimum Gasteiger partial charge on any atom is -0.497 e. The largest absolute Gasteiger partial charge is 0.497 e. The quantitative estimate of drug-likeness (QED) is 0.516. The van der Waals surface area contributed by atoms with Crippen molar-refractivity contribution in [1.29, 1.82) is 0 Å². The molecular weight excluding hydrogens is 334 g/mol. The van der Waals surface area contributed by atoms with Crippen LogP contribution >= 0.6 is 0 Å². The van der Waals surface area contributed by atoms with Gasteiger partial charge in [0.05, 0.1) is 19.8 Å². The SMILES string of the molecule is COc1ccc(-c2ncnc(-c3ccc(OC)cc3OC(C)=O)n2)cc1. The van der Waals surface area contributed by atoms with Crippen molar-refractivity contribution in [2.45, 2.75) is 6.92 Å². The van der Waals surface area contributed by atoms with Crippen LogP contribution in [0.15, 0.2) is 48.8 Å². The molecule has 0 atom stereocenters. The lowest BCUT2D eigenvalue weighted by Crippen LogP contribution is -2.04. The van der Waals surface area contributed by atoms with Crippen molar-refractivity contribution in [3.8, 4) is 40.0 Å². The van der Waals surface area contributed by atoms with Crippen molar-refractivity contribution in [2.24, 2.45) is 0 Å². The Hall–Kier alpha value is -3.48. The van der Waals surface area contributed by atoms with E-state index < -0.39 is 5.97 Å². The molecule has 1 heterocycles. The van der Waals surface area contributed by atoms with Gasteiger partial charge >= 0.3 is 5.97 Å². The maximum atomic E-state index is 11.4. The van der Waals surface area contributed by atoms with Crippen LogP contribution in [0.25, 0.3) is 22.8 Å². The fraction of sp³-hybridized carbons (Fsp3) is 0.158. The maximum Gasteiger partial charge on any atom is 0.308 e. The standard InChI is InChI=1S/C19H17N3O4/c1-12(23)26-17-10-15(25-3)8-9-16(17)19-21-11-20-18(22-19)13-4-6-14(24-2)7-5-13/h4-11H,1-3H3. The number of methoxy groups -OCH3 is 2. The van der Waals surface area contributed by atoms with Crippen molar-refractivity contribution in [1.82, 2.24) is 15.0 Å². The van der Waals surface area contributed by atoms with E-state index >= 15 is 0 Å². The van der Waals surface area contributed by atoms with Crippen LogP contribution in [0.1, 0.15) is 6.92 Å². The summed E-state index contributed by atoms with van der Waals surface area (Å²) in [5.74, 6) is 2.09. The second kappa shape index (κ2) is 7.60. The summed E-state index contributed by atoms with van der Waals surface area (Å²) < 4.78 is 15.6. The summed E-state index contributed by atoms with van der Waals surface area (Å²) in [5, 5.41) is 0. The van der Waals surface area contributed by atoms with Crippen LogP contribution in [0.2, 0.25) is 0 Å². The smallest absolute Gasteiger partial charge is 0.308 e. The Kier molecular flexibility index (Phi) is 5.07. The van der Waals surface area contributed by atoms with Gasteiger partial charge in [0, 0.05) is 18.6 Å². The summed E-state index contributed by atoms with van der Waals surface area (Å²) in [4.78, 5) is 24.3. The van der Waals surface area contributed by atoms with Crippen LogP contribution in [0.4, 0.5) is 0 Å². The van der Waals surface area contributed by atoms with Gasteiger partial charge < -0.3 is 14.2 Å². The molecule has 0 aliphatic carbocycles. The van der Waals surface area contributed by atoms with Gasteiger partial charge in [-0.1, -0.05) is 0 Å². The van der Waals surface area contributed by atoms with Crippen molar-refractivity contribution in [3.05, 3.63) is 48.8 Å². The summed E-state index contributed by atoms with van der Waals surface area (Å²) in [6.07, 6.45) is 1.42. The first-order valence-corrected chi connectivity index (χ1v) is 7.81. The molecular formula is C19H17N3O4. The Bertz CT molecular complexity index is 926. The number of benzene rings is 2. The van der Waals surface area contributed by atoms with Gasteiger partial charge in [-0.15, -0.1) is 0 Å². The molecule has 132 valence electrons. The molecule has 0 bridgehead atoms. The lowest BCUT2D eigenvalue weighted by Gasteiger charge is -2.10. The third-order valence-electron chi connectivity index (χ3n) is 3.60. The fourth-order valence-corrected chi connectivity index (χ4v) is 2.36. The second-order valence-electron chi connectivity index (χ2n) is 5.32. The third kappa shape index (κ3) is 3.77. The summed E-state index contributed by atoms with van der Waals surface area (Å²) in [6, 6.07) is 12.5. The Morgan fingerprint density at radius 1 is 0.885 bits per heavy atom. The highest BCUT2D eigenvalue weighted by Crippen LogP contribution is 2.32. The average Bonchev–Trinajstić information content (AvgIpc) is 2.67. The number of hydrogen-bond acceptors (Lipinski definition) is 7. The van der Waals surface area contributed by atoms with E-state index in [1.165, 1.54) is 20.4 Å². The summed E-state index contributed by atoms with van der Waals surface area (Å²) in [7, 11) is 3.15. The van der Waals surface area contributed by atoms with Gasteiger partial charge in [0.1, 0.15) is 23.6 Å². The van der Waals surface area contributed by atoms with E-state index in [0.717, 1.165) is 11.3 Å². The van der Waals surface area contributed by atoms with Gasteiger partial charge in [0.2, 0.25) is 0 Å². The number of ether oxygens (including phenoxy) is 3. The van der Waals surface area contributed by atoms with Crippen LogP contribution in [0, 0.1) is 0 Å². The van der Waals surface area contributed by atoms with E-state index in [0.29, 0.717) is 28.7 Å². The topological polar surface area (TPSA) is 83.4 Å². The zero-order valence-corrected chi connectivity index (χ0v) is 14.6. The molecule has 3 rings (SSSR count). The number of hydrogen-bond donors (Lipinski definition) is 0. The molecule has 0 fully saturated rings. The van der Waals surface area contributed by atoms with Crippen LogP contribution in [0.3, 0.4) is 0 Å². The van der Waals surface area contributed by atoms with Crippen LogP contribution in [0.5, 0.6) is 17.2 Å². The first-order chi connectivity index (χ1) is 12.6. The highest BCUT2D eigenvalue weighted by molar-refractivity contribution is 5.75. The Morgan fingerprint density at radius 2 is 1.54 bits per heavy atom. The molecule has 7 heteroatoms. The van der Waals surface area contributed by atoms with Crippen molar-refractivity contribution >= 4 is 5.97 Å². The molecule has 0 aliphatic heterocycles. The molecule has 0 saturated heterocycles. The molecule has 1 aromatic heterocycles. The minimum absolute atomic E-state index is 0.323. The van der Waals surface area contributed by atoms with E-state index in [1.54, 1.807) is 25.3 Å². The normalized spacial score (nSPS) is 10.3. The number of carbonyl (C=O) groups excluding carboxylic acids is 1.